The number of carbonyl (C=O) groups is 1. The molecular weight excluding hydrogens is 276 g/mol. The molecule has 0 aliphatic heterocycles. The van der Waals surface area contributed by atoms with Crippen molar-refractivity contribution in [3.63, 3.8) is 0 Å². The Hall–Kier alpha value is -0.420. The van der Waals surface area contributed by atoms with E-state index in [0.717, 1.165) is 18.3 Å². The molecule has 0 saturated heterocycles. The van der Waals surface area contributed by atoms with Crippen molar-refractivity contribution in [1.29, 1.82) is 0 Å². The Balaban J connectivity index is 2.03. The second-order valence-electron chi connectivity index (χ2n) is 3.23. The zero-order chi connectivity index (χ0) is 10.9. The third kappa shape index (κ3) is 5.28. The van der Waals surface area contributed by atoms with E-state index in [1.807, 2.05) is 0 Å². The van der Waals surface area contributed by atoms with E-state index in [9.17, 15) is 4.79 Å². The molecule has 1 N–H and O–H groups in total. The summed E-state index contributed by atoms with van der Waals surface area (Å²) in [6.45, 7) is 0.749. The Morgan fingerprint density at radius 2 is 2.20 bits per heavy atom. The molecule has 1 heterocycles. The fraction of sp³-hybridized carbons (Fsp3) is 0.600. The van der Waals surface area contributed by atoms with Gasteiger partial charge < -0.3 is 5.32 Å². The van der Waals surface area contributed by atoms with Gasteiger partial charge in [-0.1, -0.05) is 28.8 Å². The standard InChI is InChI=1S/C10H15BrN2OS/c11-5-3-1-2-4-6-12-10(14)9-7-15-8-13-9/h7-8H,1-6H2,(H,12,14). The molecule has 5 heteroatoms. The maximum absolute atomic E-state index is 11.4. The molecule has 0 fully saturated rings. The van der Waals surface area contributed by atoms with Crippen molar-refractivity contribution in [2.45, 2.75) is 25.7 Å². The Morgan fingerprint density at radius 1 is 1.40 bits per heavy atom. The largest absolute Gasteiger partial charge is 0.351 e. The average molecular weight is 291 g/mol. The second-order valence-corrected chi connectivity index (χ2v) is 4.74. The van der Waals surface area contributed by atoms with E-state index < -0.39 is 0 Å². The third-order valence-electron chi connectivity index (χ3n) is 2.01. The molecule has 0 atom stereocenters. The Morgan fingerprint density at radius 3 is 2.87 bits per heavy atom. The van der Waals surface area contributed by atoms with Crippen molar-refractivity contribution >= 4 is 33.2 Å². The fourth-order valence-corrected chi connectivity index (χ4v) is 2.12. The van der Waals surface area contributed by atoms with E-state index in [1.54, 1.807) is 10.9 Å². The molecule has 1 amide bonds. The summed E-state index contributed by atoms with van der Waals surface area (Å²) in [6, 6.07) is 0. The van der Waals surface area contributed by atoms with Crippen molar-refractivity contribution < 1.29 is 4.79 Å². The van der Waals surface area contributed by atoms with E-state index in [-0.39, 0.29) is 5.91 Å². The van der Waals surface area contributed by atoms with Crippen LogP contribution in [0, 0.1) is 0 Å². The lowest BCUT2D eigenvalue weighted by Gasteiger charge is -2.02. The van der Waals surface area contributed by atoms with E-state index in [1.165, 1.54) is 30.6 Å². The Labute approximate surface area is 102 Å². The molecule has 0 unspecified atom stereocenters. The van der Waals surface area contributed by atoms with Crippen LogP contribution >= 0.6 is 27.3 Å². The number of hydrogen-bond donors (Lipinski definition) is 1. The molecule has 0 saturated carbocycles. The molecule has 0 aromatic carbocycles. The van der Waals surface area contributed by atoms with Gasteiger partial charge in [-0.15, -0.1) is 11.3 Å². The lowest BCUT2D eigenvalue weighted by atomic mass is 10.2. The first-order valence-corrected chi connectivity index (χ1v) is 7.13. The summed E-state index contributed by atoms with van der Waals surface area (Å²) in [5.74, 6) is -0.0586. The summed E-state index contributed by atoms with van der Waals surface area (Å²) in [5.41, 5.74) is 2.20. The van der Waals surface area contributed by atoms with Gasteiger partial charge in [0.25, 0.3) is 5.91 Å². The molecule has 0 aliphatic carbocycles. The summed E-state index contributed by atoms with van der Waals surface area (Å²) in [5, 5.41) is 5.69. The molecule has 0 bridgehead atoms. The van der Waals surface area contributed by atoms with Crippen LogP contribution in [0.5, 0.6) is 0 Å². The van der Waals surface area contributed by atoms with Crippen LogP contribution in [0.1, 0.15) is 36.2 Å². The van der Waals surface area contributed by atoms with Gasteiger partial charge in [0.1, 0.15) is 5.69 Å². The highest BCUT2D eigenvalue weighted by Gasteiger charge is 2.05. The quantitative estimate of drug-likeness (QED) is 0.620. The topological polar surface area (TPSA) is 42.0 Å². The second kappa shape index (κ2) is 7.82. The number of halogens is 1. The van der Waals surface area contributed by atoms with Gasteiger partial charge in [-0.05, 0) is 12.8 Å². The molecule has 1 rings (SSSR count). The molecule has 3 nitrogen and oxygen atoms in total. The highest BCUT2D eigenvalue weighted by molar-refractivity contribution is 9.09. The van der Waals surface area contributed by atoms with Crippen LogP contribution in [-0.2, 0) is 0 Å². The predicted molar refractivity (Wildman–Crippen MR) is 66.7 cm³/mol. The number of carbonyl (C=O) groups excluding carboxylic acids is 1. The maximum atomic E-state index is 11.4. The van der Waals surface area contributed by atoms with E-state index in [4.69, 9.17) is 0 Å². The van der Waals surface area contributed by atoms with Crippen molar-refractivity contribution in [3.05, 3.63) is 16.6 Å². The Bertz CT molecular complexity index is 277. The first-order chi connectivity index (χ1) is 7.34. The van der Waals surface area contributed by atoms with Crippen LogP contribution < -0.4 is 5.32 Å². The minimum absolute atomic E-state index is 0.0586. The number of hydrogen-bond acceptors (Lipinski definition) is 3. The van der Waals surface area contributed by atoms with Crippen LogP contribution in [0.15, 0.2) is 10.9 Å². The van der Waals surface area contributed by atoms with E-state index in [2.05, 4.69) is 26.2 Å². The van der Waals surface area contributed by atoms with Crippen molar-refractivity contribution in [2.24, 2.45) is 0 Å². The zero-order valence-electron chi connectivity index (χ0n) is 8.54. The SMILES string of the molecule is O=C(NCCCCCCBr)c1cscn1. The minimum Gasteiger partial charge on any atom is -0.351 e. The number of thiazole rings is 1. The molecule has 1 aromatic heterocycles. The molecule has 0 aliphatic rings. The molecule has 15 heavy (non-hydrogen) atoms. The lowest BCUT2D eigenvalue weighted by molar-refractivity contribution is 0.0948. The number of nitrogens with one attached hydrogen (secondary N) is 1. The average Bonchev–Trinajstić information content (AvgIpc) is 2.76. The highest BCUT2D eigenvalue weighted by atomic mass is 79.9. The first kappa shape index (κ1) is 12.6. The normalized spacial score (nSPS) is 10.2. The van der Waals surface area contributed by atoms with Gasteiger partial charge in [0.2, 0.25) is 0 Å². The number of amides is 1. The van der Waals surface area contributed by atoms with Crippen LogP contribution in [0.3, 0.4) is 0 Å². The lowest BCUT2D eigenvalue weighted by Crippen LogP contribution is -2.24. The van der Waals surface area contributed by atoms with E-state index in [0.29, 0.717) is 5.69 Å². The number of nitrogens with zero attached hydrogens (tertiary/aromatic N) is 1. The molecule has 0 radical (unpaired) electrons. The van der Waals surface area contributed by atoms with Crippen molar-refractivity contribution in [1.82, 2.24) is 10.3 Å². The number of alkyl halides is 1. The van der Waals surface area contributed by atoms with Gasteiger partial charge >= 0.3 is 0 Å². The maximum Gasteiger partial charge on any atom is 0.270 e. The summed E-state index contributed by atoms with van der Waals surface area (Å²) in [4.78, 5) is 15.4. The van der Waals surface area contributed by atoms with Crippen LogP contribution in [0.25, 0.3) is 0 Å². The molecule has 1 aromatic rings. The predicted octanol–water partition coefficient (Wildman–Crippen LogP) is 2.83. The first-order valence-electron chi connectivity index (χ1n) is 5.07. The number of aromatic nitrogens is 1. The summed E-state index contributed by atoms with van der Waals surface area (Å²) in [6.07, 6.45) is 4.64. The van der Waals surface area contributed by atoms with Crippen molar-refractivity contribution in [2.75, 3.05) is 11.9 Å². The van der Waals surface area contributed by atoms with Gasteiger partial charge in [0, 0.05) is 17.3 Å². The number of unbranched alkanes of at least 4 members (excludes halogenated alkanes) is 3. The summed E-state index contributed by atoms with van der Waals surface area (Å²) >= 11 is 4.83. The smallest absolute Gasteiger partial charge is 0.270 e. The molecule has 84 valence electrons. The zero-order valence-corrected chi connectivity index (χ0v) is 10.9. The fourth-order valence-electron chi connectivity index (χ4n) is 1.19. The highest BCUT2D eigenvalue weighted by Crippen LogP contribution is 2.02. The third-order valence-corrected chi connectivity index (χ3v) is 3.16. The molecule has 0 spiro atoms. The Kier molecular flexibility index (Phi) is 6.59. The monoisotopic (exact) mass is 290 g/mol. The summed E-state index contributed by atoms with van der Waals surface area (Å²) < 4.78 is 0. The van der Waals surface area contributed by atoms with Gasteiger partial charge in [-0.3, -0.25) is 4.79 Å². The summed E-state index contributed by atoms with van der Waals surface area (Å²) in [7, 11) is 0. The van der Waals surface area contributed by atoms with Crippen molar-refractivity contribution in [3.8, 4) is 0 Å². The van der Waals surface area contributed by atoms with Gasteiger partial charge in [0.15, 0.2) is 0 Å². The van der Waals surface area contributed by atoms with Gasteiger partial charge in [-0.2, -0.15) is 0 Å². The minimum atomic E-state index is -0.0586. The molecular formula is C10H15BrN2OS. The number of rotatable bonds is 7. The van der Waals surface area contributed by atoms with Gasteiger partial charge in [0.05, 0.1) is 5.51 Å². The van der Waals surface area contributed by atoms with Crippen LogP contribution in [-0.4, -0.2) is 22.8 Å². The van der Waals surface area contributed by atoms with Gasteiger partial charge in [-0.25, -0.2) is 4.98 Å². The van der Waals surface area contributed by atoms with E-state index >= 15 is 0 Å². The van der Waals surface area contributed by atoms with Crippen LogP contribution in [0.4, 0.5) is 0 Å². The van der Waals surface area contributed by atoms with Crippen LogP contribution in [0.2, 0.25) is 0 Å².